The number of anilines is 4. The minimum absolute atomic E-state index is 0.145. The Balaban J connectivity index is 1.18. The lowest BCUT2D eigenvalue weighted by Crippen LogP contribution is -2.10. The van der Waals surface area contributed by atoms with Gasteiger partial charge in [-0.1, -0.05) is 35.4 Å². The topological polar surface area (TPSA) is 104 Å². The van der Waals surface area contributed by atoms with Gasteiger partial charge in [0.25, 0.3) is 5.70 Å². The molecule has 0 fully saturated rings. The zero-order valence-electron chi connectivity index (χ0n) is 30.5. The number of ether oxygens (including phenoxy) is 1. The first-order valence-corrected chi connectivity index (χ1v) is 17.3. The number of hydrogen-bond donors (Lipinski definition) is 0. The fourth-order valence-electron chi connectivity index (χ4n) is 6.06. The summed E-state index contributed by atoms with van der Waals surface area (Å²) in [6.07, 6.45) is 9.31. The van der Waals surface area contributed by atoms with E-state index in [4.69, 9.17) is 20.1 Å². The summed E-state index contributed by atoms with van der Waals surface area (Å²) in [5.74, 6) is 0.526. The highest BCUT2D eigenvalue weighted by Crippen LogP contribution is 2.36. The van der Waals surface area contributed by atoms with E-state index in [1.807, 2.05) is 69.2 Å². The van der Waals surface area contributed by atoms with Crippen LogP contribution in [0.5, 0.6) is 0 Å². The van der Waals surface area contributed by atoms with Crippen LogP contribution >= 0.6 is 0 Å². The highest BCUT2D eigenvalue weighted by atomic mass is 16.5. The molecule has 1 aliphatic rings. The first-order valence-electron chi connectivity index (χ1n) is 17.3. The van der Waals surface area contributed by atoms with Gasteiger partial charge in [0, 0.05) is 59.8 Å². The van der Waals surface area contributed by atoms with E-state index in [1.165, 1.54) is 12.2 Å². The van der Waals surface area contributed by atoms with E-state index in [9.17, 15) is 14.9 Å². The molecule has 0 atom stereocenters. The van der Waals surface area contributed by atoms with Crippen LogP contribution in [0.25, 0.3) is 38.9 Å². The molecule has 2 aromatic heterocycles. The molecule has 0 saturated heterocycles. The molecule has 9 nitrogen and oxygen atoms in total. The van der Waals surface area contributed by atoms with Crippen LogP contribution in [0, 0.1) is 31.8 Å². The quantitative estimate of drug-likeness (QED) is 0.0869. The fourth-order valence-corrected chi connectivity index (χ4v) is 6.06. The molecule has 0 saturated carbocycles. The molecule has 4 aromatic carbocycles. The van der Waals surface area contributed by atoms with Crippen LogP contribution in [0.1, 0.15) is 22.3 Å². The van der Waals surface area contributed by atoms with Crippen molar-refractivity contribution in [1.82, 2.24) is 0 Å². The Kier molecular flexibility index (Phi) is 9.86. The standard InChI is InChI=1S/C46H34N4O5/c1-29-6-14-36(15-7-29)50(37-16-8-30(2)9-17-37)39-19-11-32-23-34(46(52)55-44(32)27-39)13-21-41-25-35(42(28-47)48-3)24-40(53-41)20-12-33-22-31-10-18-38(49(4)5)26-43(31)54-45(33)51/h6-27H,1-2,4-5H3/b20-12+,21-13+,42-35+. The van der Waals surface area contributed by atoms with Crippen LogP contribution in [0.4, 0.5) is 22.7 Å². The number of nitriles is 1. The number of benzene rings is 4. The summed E-state index contributed by atoms with van der Waals surface area (Å²) >= 11 is 0. The second-order valence-electron chi connectivity index (χ2n) is 13.2. The number of rotatable bonds is 8. The predicted molar refractivity (Wildman–Crippen MR) is 218 cm³/mol. The van der Waals surface area contributed by atoms with Gasteiger partial charge < -0.3 is 23.4 Å². The van der Waals surface area contributed by atoms with Crippen molar-refractivity contribution in [3.63, 3.8) is 0 Å². The lowest BCUT2D eigenvalue weighted by Gasteiger charge is -2.25. The lowest BCUT2D eigenvalue weighted by atomic mass is 10.1. The Morgan fingerprint density at radius 2 is 1.11 bits per heavy atom. The maximum atomic E-state index is 13.3. The highest BCUT2D eigenvalue weighted by Gasteiger charge is 2.16. The summed E-state index contributed by atoms with van der Waals surface area (Å²) in [5, 5.41) is 11.1. The monoisotopic (exact) mass is 722 g/mol. The zero-order chi connectivity index (χ0) is 38.6. The zero-order valence-corrected chi connectivity index (χ0v) is 30.5. The summed E-state index contributed by atoms with van der Waals surface area (Å²) in [6, 6.07) is 33.2. The van der Waals surface area contributed by atoms with E-state index in [1.54, 1.807) is 42.5 Å². The van der Waals surface area contributed by atoms with Crippen molar-refractivity contribution < 1.29 is 13.6 Å². The van der Waals surface area contributed by atoms with E-state index >= 15 is 0 Å². The Morgan fingerprint density at radius 3 is 1.56 bits per heavy atom. The van der Waals surface area contributed by atoms with Crippen molar-refractivity contribution in [2.75, 3.05) is 23.9 Å². The molecular formula is C46H34N4O5. The van der Waals surface area contributed by atoms with E-state index in [0.29, 0.717) is 22.1 Å². The van der Waals surface area contributed by atoms with Crippen molar-refractivity contribution in [3.8, 4) is 6.07 Å². The van der Waals surface area contributed by atoms with Gasteiger partial charge in [0.1, 0.15) is 22.7 Å². The third-order valence-corrected chi connectivity index (χ3v) is 9.03. The van der Waals surface area contributed by atoms with E-state index in [2.05, 4.69) is 58.3 Å². The number of aryl methyl sites for hydroxylation is 2. The normalized spacial score (nSPS) is 13.6. The smallest absolute Gasteiger partial charge is 0.343 e. The number of hydrogen-bond acceptors (Lipinski definition) is 8. The van der Waals surface area contributed by atoms with Gasteiger partial charge in [-0.15, -0.1) is 0 Å². The molecule has 0 aliphatic carbocycles. The number of nitrogens with zero attached hydrogens (tertiary/aromatic N) is 4. The molecule has 0 radical (unpaired) electrons. The van der Waals surface area contributed by atoms with Gasteiger partial charge in [-0.3, -0.25) is 0 Å². The van der Waals surface area contributed by atoms with E-state index in [-0.39, 0.29) is 28.3 Å². The molecule has 0 bridgehead atoms. The Bertz CT molecular complexity index is 2780. The summed E-state index contributed by atoms with van der Waals surface area (Å²) in [4.78, 5) is 33.6. The number of fused-ring (bicyclic) bond motifs is 2. The summed E-state index contributed by atoms with van der Waals surface area (Å²) < 4.78 is 17.5. The van der Waals surface area contributed by atoms with Crippen molar-refractivity contribution in [3.05, 3.63) is 199 Å². The van der Waals surface area contributed by atoms with Crippen molar-refractivity contribution in [1.29, 1.82) is 5.26 Å². The van der Waals surface area contributed by atoms with Crippen molar-refractivity contribution in [2.24, 2.45) is 0 Å². The third-order valence-electron chi connectivity index (χ3n) is 9.03. The molecule has 268 valence electrons. The van der Waals surface area contributed by atoms with Gasteiger partial charge in [0.2, 0.25) is 0 Å². The van der Waals surface area contributed by atoms with Gasteiger partial charge in [-0.2, -0.15) is 0 Å². The van der Waals surface area contributed by atoms with E-state index in [0.717, 1.165) is 39.3 Å². The lowest BCUT2D eigenvalue weighted by molar-refractivity contribution is 0.332. The predicted octanol–water partition coefficient (Wildman–Crippen LogP) is 10.3. The molecule has 7 rings (SSSR count). The Labute approximate surface area is 317 Å². The minimum Gasteiger partial charge on any atom is -0.457 e. The minimum atomic E-state index is -0.555. The molecule has 9 heteroatoms. The molecule has 55 heavy (non-hydrogen) atoms. The second-order valence-corrected chi connectivity index (χ2v) is 13.2. The molecule has 0 spiro atoms. The maximum Gasteiger partial charge on any atom is 0.343 e. The third kappa shape index (κ3) is 7.78. The van der Waals surface area contributed by atoms with Gasteiger partial charge in [0.15, 0.2) is 0 Å². The second kappa shape index (κ2) is 15.2. The first kappa shape index (κ1) is 35.8. The van der Waals surface area contributed by atoms with Crippen LogP contribution < -0.4 is 21.1 Å². The van der Waals surface area contributed by atoms with Gasteiger partial charge in [-0.25, -0.2) is 19.7 Å². The molecule has 3 heterocycles. The van der Waals surface area contributed by atoms with Crippen molar-refractivity contribution >= 4 is 56.8 Å². The van der Waals surface area contributed by atoms with E-state index < -0.39 is 11.3 Å². The average molecular weight is 723 g/mol. The maximum absolute atomic E-state index is 13.3. The van der Waals surface area contributed by atoms with Gasteiger partial charge in [-0.05, 0) is 117 Å². The average Bonchev–Trinajstić information content (AvgIpc) is 3.18. The molecule has 0 N–H and O–H groups in total. The Morgan fingerprint density at radius 1 is 0.655 bits per heavy atom. The fraction of sp³-hybridized carbons (Fsp3) is 0.0870. The van der Waals surface area contributed by atoms with Crippen molar-refractivity contribution in [2.45, 2.75) is 13.8 Å². The Hall–Kier alpha value is -7.62. The SMILES string of the molecule is [C-]#[N+]/C(C#N)=C1C=C(/C=C/c2cc3ccc(N(C)C)cc3oc2=O)OC(/C=C/c2cc3ccc(N(c4ccc(C)cc4)c4ccc(C)cc4)cc3oc2=O)=C\1. The largest absolute Gasteiger partial charge is 0.457 e. The molecule has 0 unspecified atom stereocenters. The van der Waals surface area contributed by atoms with Crippen LogP contribution in [-0.2, 0) is 4.74 Å². The summed E-state index contributed by atoms with van der Waals surface area (Å²) in [7, 11) is 3.81. The molecule has 6 aromatic rings. The van der Waals surface area contributed by atoms with Crippen LogP contribution in [-0.4, -0.2) is 14.1 Å². The molecule has 1 aliphatic heterocycles. The van der Waals surface area contributed by atoms with Gasteiger partial charge in [0.05, 0.1) is 23.8 Å². The van der Waals surface area contributed by atoms with Crippen LogP contribution in [0.15, 0.2) is 163 Å². The molecular weight excluding hydrogens is 689 g/mol. The highest BCUT2D eigenvalue weighted by molar-refractivity contribution is 5.87. The van der Waals surface area contributed by atoms with Crippen LogP contribution in [0.2, 0.25) is 0 Å². The number of allylic oxidation sites excluding steroid dienone is 6. The summed E-state index contributed by atoms with van der Waals surface area (Å²) in [6.45, 7) is 11.6. The van der Waals surface area contributed by atoms with Crippen LogP contribution in [0.3, 0.4) is 0 Å². The first-order chi connectivity index (χ1) is 26.6. The molecule has 0 amide bonds. The van der Waals surface area contributed by atoms with Gasteiger partial charge >= 0.3 is 11.3 Å². The summed E-state index contributed by atoms with van der Waals surface area (Å²) in [5.41, 5.74) is 6.47.